The summed E-state index contributed by atoms with van der Waals surface area (Å²) in [4.78, 5) is 24.5. The fraction of sp³-hybridized carbons (Fsp3) is 0.630. The molecule has 1 N–H and O–H groups in total. The van der Waals surface area contributed by atoms with Crippen molar-refractivity contribution in [3.05, 3.63) is 46.5 Å². The van der Waals surface area contributed by atoms with Gasteiger partial charge in [-0.05, 0) is 110 Å². The van der Waals surface area contributed by atoms with Crippen molar-refractivity contribution in [1.29, 1.82) is 0 Å². The summed E-state index contributed by atoms with van der Waals surface area (Å²) in [6.45, 7) is 3.99. The van der Waals surface area contributed by atoms with Crippen molar-refractivity contribution < 1.29 is 14.7 Å². The first-order chi connectivity index (χ1) is 14.3. The molecular formula is C27H32O3. The molecule has 3 heteroatoms. The number of allylic oxidation sites excluding steroid dienone is 1. The molecule has 0 amide bonds. The summed E-state index contributed by atoms with van der Waals surface area (Å²) in [6, 6.07) is 6.37. The van der Waals surface area contributed by atoms with Crippen LogP contribution in [0.5, 0.6) is 0 Å². The van der Waals surface area contributed by atoms with Gasteiger partial charge in [-0.2, -0.15) is 0 Å². The van der Waals surface area contributed by atoms with Crippen LogP contribution < -0.4 is 0 Å². The lowest BCUT2D eigenvalue weighted by molar-refractivity contribution is -0.120. The standard InChI is InChI=1S/C27H32O3/c1-15(28)16-3-5-20-17(11-16)13-27-10-9-19(29)12-18(27)4-6-21-23-7-8-24(30)26(23,2)14-22(20)25(21)27/h3,5,11-12,21-25,30H,4,6-10,13-14H2,1-2H3/t21-,22?,23-,24-,25?,26-,27+/m0/s1. The Morgan fingerprint density at radius 2 is 2.00 bits per heavy atom. The van der Waals surface area contributed by atoms with Gasteiger partial charge in [0, 0.05) is 12.0 Å². The second-order valence-corrected chi connectivity index (χ2v) is 11.2. The molecule has 3 nitrogen and oxygen atoms in total. The van der Waals surface area contributed by atoms with Gasteiger partial charge in [-0.25, -0.2) is 0 Å². The minimum atomic E-state index is -0.203. The van der Waals surface area contributed by atoms with Crippen LogP contribution in [-0.2, 0) is 11.2 Å². The number of hydrogen-bond acceptors (Lipinski definition) is 3. The molecule has 0 aromatic heterocycles. The van der Waals surface area contributed by atoms with Gasteiger partial charge < -0.3 is 5.11 Å². The monoisotopic (exact) mass is 404 g/mol. The fourth-order valence-corrected chi connectivity index (χ4v) is 8.80. The number of carbonyl (C=O) groups is 2. The molecule has 158 valence electrons. The molecule has 0 heterocycles. The number of hydrogen-bond donors (Lipinski definition) is 1. The fourth-order valence-electron chi connectivity index (χ4n) is 8.80. The maximum absolute atomic E-state index is 12.3. The summed E-state index contributed by atoms with van der Waals surface area (Å²) in [5, 5.41) is 11.0. The molecule has 0 bridgehead atoms. The Kier molecular flexibility index (Phi) is 3.90. The molecule has 0 radical (unpaired) electrons. The van der Waals surface area contributed by atoms with Crippen molar-refractivity contribution in [2.24, 2.45) is 28.6 Å². The van der Waals surface area contributed by atoms with Crippen LogP contribution in [-0.4, -0.2) is 22.8 Å². The third-order valence-electron chi connectivity index (χ3n) is 10.1. The number of aliphatic hydroxyl groups excluding tert-OH is 1. The number of Topliss-reactive ketones (excluding diaryl/α,β-unsaturated/α-hetero) is 1. The second-order valence-electron chi connectivity index (χ2n) is 11.2. The summed E-state index contributed by atoms with van der Waals surface area (Å²) < 4.78 is 0. The van der Waals surface area contributed by atoms with Crippen molar-refractivity contribution in [2.75, 3.05) is 0 Å². The number of ketones is 2. The Hall–Kier alpha value is -1.74. The largest absolute Gasteiger partial charge is 0.393 e. The van der Waals surface area contributed by atoms with E-state index in [0.29, 0.717) is 35.9 Å². The summed E-state index contributed by atoms with van der Waals surface area (Å²) >= 11 is 0. The number of benzene rings is 1. The predicted molar refractivity (Wildman–Crippen MR) is 115 cm³/mol. The predicted octanol–water partition coefficient (Wildman–Crippen LogP) is 5.01. The van der Waals surface area contributed by atoms with Gasteiger partial charge in [0.1, 0.15) is 0 Å². The van der Waals surface area contributed by atoms with Crippen molar-refractivity contribution in [3.8, 4) is 0 Å². The normalized spacial score (nSPS) is 43.8. The van der Waals surface area contributed by atoms with E-state index in [-0.39, 0.29) is 22.7 Å². The first-order valence-corrected chi connectivity index (χ1v) is 11.9. The van der Waals surface area contributed by atoms with E-state index in [1.165, 1.54) is 16.7 Å². The molecule has 0 aliphatic heterocycles. The Bertz CT molecular complexity index is 990. The molecule has 0 saturated heterocycles. The van der Waals surface area contributed by atoms with Crippen molar-refractivity contribution >= 4 is 11.6 Å². The molecule has 30 heavy (non-hydrogen) atoms. The van der Waals surface area contributed by atoms with E-state index in [0.717, 1.165) is 50.5 Å². The van der Waals surface area contributed by atoms with Crippen LogP contribution in [0.1, 0.15) is 86.2 Å². The molecule has 1 aromatic rings. The first kappa shape index (κ1) is 19.0. The van der Waals surface area contributed by atoms with Gasteiger partial charge in [-0.3, -0.25) is 9.59 Å². The smallest absolute Gasteiger partial charge is 0.159 e. The highest BCUT2D eigenvalue weighted by Crippen LogP contribution is 2.71. The highest BCUT2D eigenvalue weighted by molar-refractivity contribution is 5.94. The quantitative estimate of drug-likeness (QED) is 0.669. The molecule has 5 aliphatic carbocycles. The highest BCUT2D eigenvalue weighted by Gasteiger charge is 2.64. The van der Waals surface area contributed by atoms with Crippen LogP contribution in [0.2, 0.25) is 0 Å². The van der Waals surface area contributed by atoms with Gasteiger partial charge >= 0.3 is 0 Å². The lowest BCUT2D eigenvalue weighted by Crippen LogP contribution is -2.57. The molecule has 1 aromatic carbocycles. The van der Waals surface area contributed by atoms with Gasteiger partial charge in [0.15, 0.2) is 11.6 Å². The Morgan fingerprint density at radius 3 is 2.80 bits per heavy atom. The Morgan fingerprint density at radius 1 is 1.17 bits per heavy atom. The molecule has 3 saturated carbocycles. The average Bonchev–Trinajstić information content (AvgIpc) is 3.02. The van der Waals surface area contributed by atoms with E-state index in [2.05, 4.69) is 19.1 Å². The second kappa shape index (κ2) is 6.16. The van der Waals surface area contributed by atoms with Gasteiger partial charge in [-0.1, -0.05) is 24.6 Å². The maximum Gasteiger partial charge on any atom is 0.159 e. The van der Waals surface area contributed by atoms with Crippen molar-refractivity contribution in [3.63, 3.8) is 0 Å². The Balaban J connectivity index is 1.56. The van der Waals surface area contributed by atoms with Crippen LogP contribution in [0, 0.1) is 28.6 Å². The third kappa shape index (κ3) is 2.30. The maximum atomic E-state index is 12.3. The topological polar surface area (TPSA) is 54.4 Å². The van der Waals surface area contributed by atoms with E-state index < -0.39 is 0 Å². The third-order valence-corrected chi connectivity index (χ3v) is 10.1. The number of rotatable bonds is 1. The highest BCUT2D eigenvalue weighted by atomic mass is 16.3. The molecule has 1 spiro atoms. The zero-order valence-electron chi connectivity index (χ0n) is 18.1. The summed E-state index contributed by atoms with van der Waals surface area (Å²) in [7, 11) is 0. The van der Waals surface area contributed by atoms with E-state index in [1.807, 2.05) is 12.1 Å². The van der Waals surface area contributed by atoms with Crippen molar-refractivity contribution in [1.82, 2.24) is 0 Å². The molecule has 5 aliphatic rings. The SMILES string of the molecule is CC(=O)c1ccc2c(c1)C[C@]13CCC(=O)C=C1CC[C@@H]1C3C2C[C@]2(C)[C@@H](O)CC[C@@H]12. The van der Waals surface area contributed by atoms with Crippen LogP contribution in [0.4, 0.5) is 0 Å². The minimum Gasteiger partial charge on any atom is -0.393 e. The van der Waals surface area contributed by atoms with Crippen LogP contribution >= 0.6 is 0 Å². The van der Waals surface area contributed by atoms with E-state index in [9.17, 15) is 14.7 Å². The van der Waals surface area contributed by atoms with E-state index in [4.69, 9.17) is 0 Å². The first-order valence-electron chi connectivity index (χ1n) is 11.9. The summed E-state index contributed by atoms with van der Waals surface area (Å²) in [5.41, 5.74) is 5.00. The van der Waals surface area contributed by atoms with E-state index in [1.54, 1.807) is 6.92 Å². The van der Waals surface area contributed by atoms with Gasteiger partial charge in [0.25, 0.3) is 0 Å². The van der Waals surface area contributed by atoms with E-state index >= 15 is 0 Å². The van der Waals surface area contributed by atoms with Crippen LogP contribution in [0.3, 0.4) is 0 Å². The summed E-state index contributed by atoms with van der Waals surface area (Å²) in [5.74, 6) is 2.65. The van der Waals surface area contributed by atoms with Crippen LogP contribution in [0.15, 0.2) is 29.8 Å². The molecule has 7 atom stereocenters. The van der Waals surface area contributed by atoms with Gasteiger partial charge in [0.2, 0.25) is 0 Å². The number of aliphatic hydroxyl groups is 1. The van der Waals surface area contributed by atoms with Crippen LogP contribution in [0.25, 0.3) is 0 Å². The average molecular weight is 405 g/mol. The summed E-state index contributed by atoms with van der Waals surface area (Å²) in [6.07, 6.45) is 9.70. The molecule has 6 rings (SSSR count). The molecule has 2 unspecified atom stereocenters. The number of carbonyl (C=O) groups excluding carboxylic acids is 2. The van der Waals surface area contributed by atoms with Gasteiger partial charge in [-0.15, -0.1) is 0 Å². The minimum absolute atomic E-state index is 0.00736. The lowest BCUT2D eigenvalue weighted by atomic mass is 9.40. The van der Waals surface area contributed by atoms with Gasteiger partial charge in [0.05, 0.1) is 6.10 Å². The molecular weight excluding hydrogens is 372 g/mol. The van der Waals surface area contributed by atoms with Crippen molar-refractivity contribution in [2.45, 2.75) is 77.2 Å². The zero-order chi connectivity index (χ0) is 20.8. The number of fused-ring (bicyclic) bond motifs is 4. The Labute approximate surface area is 178 Å². The zero-order valence-corrected chi connectivity index (χ0v) is 18.1. The lowest BCUT2D eigenvalue weighted by Gasteiger charge is -2.64. The molecule has 3 fully saturated rings.